The Morgan fingerprint density at radius 3 is 2.95 bits per heavy atom. The fourth-order valence-corrected chi connectivity index (χ4v) is 1.79. The molecule has 0 spiro atoms. The maximum atomic E-state index is 11.6. The van der Waals surface area contributed by atoms with Gasteiger partial charge in [0.25, 0.3) is 0 Å². The first kappa shape index (κ1) is 15.2. The average molecular weight is 311 g/mol. The van der Waals surface area contributed by atoms with Gasteiger partial charge in [0.05, 0.1) is 5.02 Å². The topological polar surface area (TPSA) is 79.1 Å². The number of tetrazole rings is 1. The van der Waals surface area contributed by atoms with Gasteiger partial charge in [0.1, 0.15) is 5.75 Å². The van der Waals surface area contributed by atoms with Crippen molar-refractivity contribution in [3.63, 3.8) is 0 Å². The van der Waals surface area contributed by atoms with E-state index in [1.54, 1.807) is 28.9 Å². The SMILES string of the molecule is CCCn1nnnc1COC(=O)COc1ccccc1Cl. The standard InChI is InChI=1S/C13H15ClN4O3/c1-2-7-18-12(15-16-17-18)8-21-13(19)9-20-11-6-4-3-5-10(11)14/h3-6H,2,7-9H2,1H3. The molecule has 1 heterocycles. The van der Waals surface area contributed by atoms with E-state index >= 15 is 0 Å². The van der Waals surface area contributed by atoms with Crippen LogP contribution in [0.3, 0.4) is 0 Å². The Bertz CT molecular complexity index is 603. The molecule has 0 unspecified atom stereocenters. The predicted octanol–water partition coefficient (Wildman–Crippen LogP) is 1.86. The summed E-state index contributed by atoms with van der Waals surface area (Å²) >= 11 is 5.91. The van der Waals surface area contributed by atoms with Crippen molar-refractivity contribution in [3.8, 4) is 5.75 Å². The van der Waals surface area contributed by atoms with Crippen LogP contribution in [0.2, 0.25) is 5.02 Å². The number of aromatic nitrogens is 4. The van der Waals surface area contributed by atoms with Crippen LogP contribution in [0.15, 0.2) is 24.3 Å². The lowest BCUT2D eigenvalue weighted by atomic mass is 10.3. The number of rotatable bonds is 7. The Balaban J connectivity index is 1.80. The van der Waals surface area contributed by atoms with Gasteiger partial charge in [0, 0.05) is 6.54 Å². The van der Waals surface area contributed by atoms with Crippen LogP contribution in [0.4, 0.5) is 0 Å². The highest BCUT2D eigenvalue weighted by Gasteiger charge is 2.10. The molecule has 0 radical (unpaired) electrons. The van der Waals surface area contributed by atoms with Crippen molar-refractivity contribution in [2.75, 3.05) is 6.61 Å². The van der Waals surface area contributed by atoms with Gasteiger partial charge in [0.2, 0.25) is 0 Å². The molecule has 0 bridgehead atoms. The third kappa shape index (κ3) is 4.42. The van der Waals surface area contributed by atoms with E-state index in [9.17, 15) is 4.79 Å². The van der Waals surface area contributed by atoms with Gasteiger partial charge in [-0.15, -0.1) is 5.10 Å². The largest absolute Gasteiger partial charge is 0.480 e. The van der Waals surface area contributed by atoms with E-state index in [0.717, 1.165) is 6.42 Å². The van der Waals surface area contributed by atoms with Crippen molar-refractivity contribution in [1.29, 1.82) is 0 Å². The quantitative estimate of drug-likeness (QED) is 0.726. The number of halogens is 1. The highest BCUT2D eigenvalue weighted by molar-refractivity contribution is 6.32. The number of hydrogen-bond acceptors (Lipinski definition) is 6. The summed E-state index contributed by atoms with van der Waals surface area (Å²) < 4.78 is 11.9. The van der Waals surface area contributed by atoms with Crippen LogP contribution in [-0.4, -0.2) is 32.8 Å². The first-order valence-corrected chi connectivity index (χ1v) is 6.86. The van der Waals surface area contributed by atoms with Crippen molar-refractivity contribution >= 4 is 17.6 Å². The fraction of sp³-hybridized carbons (Fsp3) is 0.385. The Morgan fingerprint density at radius 2 is 2.19 bits per heavy atom. The molecule has 2 aromatic rings. The number of carbonyl (C=O) groups excluding carboxylic acids is 1. The Labute approximate surface area is 126 Å². The number of para-hydroxylation sites is 1. The van der Waals surface area contributed by atoms with Crippen molar-refractivity contribution in [2.45, 2.75) is 26.5 Å². The second-order valence-corrected chi connectivity index (χ2v) is 4.61. The first-order chi connectivity index (χ1) is 10.2. The van der Waals surface area contributed by atoms with Gasteiger partial charge in [-0.1, -0.05) is 30.7 Å². The summed E-state index contributed by atoms with van der Waals surface area (Å²) in [5.74, 6) is 0.427. The molecule has 0 aliphatic carbocycles. The molecule has 0 N–H and O–H groups in total. The van der Waals surface area contributed by atoms with E-state index in [0.29, 0.717) is 23.1 Å². The average Bonchev–Trinajstić information content (AvgIpc) is 2.92. The number of ether oxygens (including phenoxy) is 2. The monoisotopic (exact) mass is 310 g/mol. The predicted molar refractivity (Wildman–Crippen MR) is 74.9 cm³/mol. The van der Waals surface area contributed by atoms with Crippen LogP contribution in [-0.2, 0) is 22.7 Å². The van der Waals surface area contributed by atoms with Crippen LogP contribution >= 0.6 is 11.6 Å². The summed E-state index contributed by atoms with van der Waals surface area (Å²) in [4.78, 5) is 11.6. The third-order valence-corrected chi connectivity index (χ3v) is 2.90. The van der Waals surface area contributed by atoms with Gasteiger partial charge in [-0.2, -0.15) is 0 Å². The zero-order valence-corrected chi connectivity index (χ0v) is 12.3. The number of esters is 1. The summed E-state index contributed by atoms with van der Waals surface area (Å²) in [6, 6.07) is 6.91. The van der Waals surface area contributed by atoms with Crippen LogP contribution in [0.5, 0.6) is 5.75 Å². The molecule has 21 heavy (non-hydrogen) atoms. The fourth-order valence-electron chi connectivity index (χ4n) is 1.60. The maximum Gasteiger partial charge on any atom is 0.344 e. The van der Waals surface area contributed by atoms with E-state index in [4.69, 9.17) is 21.1 Å². The van der Waals surface area contributed by atoms with Gasteiger partial charge in [-0.05, 0) is 29.0 Å². The molecule has 1 aromatic carbocycles. The van der Waals surface area contributed by atoms with Crippen LogP contribution in [0, 0.1) is 0 Å². The van der Waals surface area contributed by atoms with E-state index in [1.165, 1.54) is 0 Å². The molecule has 0 aliphatic heterocycles. The number of hydrogen-bond donors (Lipinski definition) is 0. The van der Waals surface area contributed by atoms with Crippen molar-refractivity contribution in [2.24, 2.45) is 0 Å². The molecule has 7 nitrogen and oxygen atoms in total. The molecule has 0 aliphatic rings. The molecule has 8 heteroatoms. The van der Waals surface area contributed by atoms with Crippen molar-refractivity contribution in [3.05, 3.63) is 35.1 Å². The third-order valence-electron chi connectivity index (χ3n) is 2.59. The number of nitrogens with zero attached hydrogens (tertiary/aromatic N) is 4. The first-order valence-electron chi connectivity index (χ1n) is 6.48. The smallest absolute Gasteiger partial charge is 0.344 e. The molecular weight excluding hydrogens is 296 g/mol. The summed E-state index contributed by atoms with van der Waals surface area (Å²) in [6.45, 7) is 2.47. The molecule has 1 aromatic heterocycles. The highest BCUT2D eigenvalue weighted by atomic mass is 35.5. The van der Waals surface area contributed by atoms with Gasteiger partial charge in [-0.3, -0.25) is 0 Å². The minimum Gasteiger partial charge on any atom is -0.480 e. The van der Waals surface area contributed by atoms with Crippen LogP contribution in [0.25, 0.3) is 0 Å². The molecule has 2 rings (SSSR count). The molecule has 0 fully saturated rings. The summed E-state index contributed by atoms with van der Waals surface area (Å²) in [5, 5.41) is 11.6. The van der Waals surface area contributed by atoms with E-state index in [1.807, 2.05) is 6.92 Å². The van der Waals surface area contributed by atoms with Gasteiger partial charge < -0.3 is 9.47 Å². The zero-order chi connectivity index (χ0) is 15.1. The van der Waals surface area contributed by atoms with Crippen molar-refractivity contribution in [1.82, 2.24) is 20.2 Å². The van der Waals surface area contributed by atoms with E-state index in [2.05, 4.69) is 15.5 Å². The molecular formula is C13H15ClN4O3. The minimum absolute atomic E-state index is 0.0116. The normalized spacial score (nSPS) is 10.4. The van der Waals surface area contributed by atoms with Gasteiger partial charge in [0.15, 0.2) is 19.0 Å². The Hall–Kier alpha value is -2.15. The van der Waals surface area contributed by atoms with Gasteiger partial charge in [-0.25, -0.2) is 9.48 Å². The maximum absolute atomic E-state index is 11.6. The zero-order valence-electron chi connectivity index (χ0n) is 11.5. The molecule has 0 saturated heterocycles. The number of benzene rings is 1. The lowest BCUT2D eigenvalue weighted by molar-refractivity contribution is -0.147. The molecule has 112 valence electrons. The highest BCUT2D eigenvalue weighted by Crippen LogP contribution is 2.22. The van der Waals surface area contributed by atoms with E-state index < -0.39 is 5.97 Å². The van der Waals surface area contributed by atoms with Crippen molar-refractivity contribution < 1.29 is 14.3 Å². The Morgan fingerprint density at radius 1 is 1.38 bits per heavy atom. The molecule has 0 atom stereocenters. The summed E-state index contributed by atoms with van der Waals surface area (Å²) in [7, 11) is 0. The molecule has 0 amide bonds. The second-order valence-electron chi connectivity index (χ2n) is 4.20. The van der Waals surface area contributed by atoms with Crippen LogP contribution < -0.4 is 4.74 Å². The molecule has 0 saturated carbocycles. The lowest BCUT2D eigenvalue weighted by Gasteiger charge is -2.08. The lowest BCUT2D eigenvalue weighted by Crippen LogP contribution is -2.16. The summed E-state index contributed by atoms with van der Waals surface area (Å²) in [5.41, 5.74) is 0. The van der Waals surface area contributed by atoms with E-state index in [-0.39, 0.29) is 13.2 Å². The minimum atomic E-state index is -0.513. The van der Waals surface area contributed by atoms with Gasteiger partial charge >= 0.3 is 5.97 Å². The number of aryl methyl sites for hydroxylation is 1. The number of carbonyl (C=O) groups is 1. The van der Waals surface area contributed by atoms with Crippen LogP contribution in [0.1, 0.15) is 19.2 Å². The second kappa shape index (κ2) is 7.58. The summed E-state index contributed by atoms with van der Waals surface area (Å²) in [6.07, 6.45) is 0.890. The Kier molecular flexibility index (Phi) is 5.51.